The SMILES string of the molecule is COc1cccc(C(Cc2ccc(F)cc2)C(=O)Cl)c1. The summed E-state index contributed by atoms with van der Waals surface area (Å²) in [5.74, 6) is -0.106. The van der Waals surface area contributed by atoms with E-state index < -0.39 is 11.2 Å². The van der Waals surface area contributed by atoms with Gasteiger partial charge in [0.25, 0.3) is 0 Å². The molecule has 0 aliphatic heterocycles. The third kappa shape index (κ3) is 3.58. The zero-order valence-corrected chi connectivity index (χ0v) is 11.7. The number of carbonyl (C=O) groups excluding carboxylic acids is 1. The Balaban J connectivity index is 2.26. The maximum Gasteiger partial charge on any atom is 0.229 e. The van der Waals surface area contributed by atoms with Crippen LogP contribution in [0.2, 0.25) is 0 Å². The Kier molecular flexibility index (Phi) is 4.74. The second-order valence-corrected chi connectivity index (χ2v) is 4.84. The summed E-state index contributed by atoms with van der Waals surface area (Å²) in [5, 5.41) is -0.442. The topological polar surface area (TPSA) is 26.3 Å². The minimum atomic E-state index is -0.475. The molecule has 1 unspecified atom stereocenters. The van der Waals surface area contributed by atoms with Crippen LogP contribution in [0.15, 0.2) is 48.5 Å². The van der Waals surface area contributed by atoms with E-state index in [4.69, 9.17) is 16.3 Å². The van der Waals surface area contributed by atoms with Crippen molar-refractivity contribution in [3.63, 3.8) is 0 Å². The van der Waals surface area contributed by atoms with E-state index in [1.165, 1.54) is 12.1 Å². The van der Waals surface area contributed by atoms with E-state index in [1.54, 1.807) is 31.4 Å². The summed E-state index contributed by atoms with van der Waals surface area (Å²) in [6.45, 7) is 0. The van der Waals surface area contributed by atoms with Crippen LogP contribution in [-0.4, -0.2) is 12.4 Å². The average molecular weight is 293 g/mol. The molecule has 2 nitrogen and oxygen atoms in total. The van der Waals surface area contributed by atoms with Crippen molar-refractivity contribution >= 4 is 16.8 Å². The van der Waals surface area contributed by atoms with Crippen LogP contribution in [0, 0.1) is 5.82 Å². The van der Waals surface area contributed by atoms with Crippen molar-refractivity contribution in [1.82, 2.24) is 0 Å². The predicted molar refractivity (Wildman–Crippen MR) is 76.7 cm³/mol. The standard InChI is InChI=1S/C16H14ClFO2/c1-20-14-4-2-3-12(10-14)15(16(17)19)9-11-5-7-13(18)8-6-11/h2-8,10,15H,9H2,1H3. The number of halogens is 2. The second-order valence-electron chi connectivity index (χ2n) is 4.46. The summed E-state index contributed by atoms with van der Waals surface area (Å²) in [4.78, 5) is 11.7. The predicted octanol–water partition coefficient (Wildman–Crippen LogP) is 3.93. The van der Waals surface area contributed by atoms with Crippen molar-refractivity contribution in [2.75, 3.05) is 7.11 Å². The van der Waals surface area contributed by atoms with E-state index in [9.17, 15) is 9.18 Å². The highest BCUT2D eigenvalue weighted by Crippen LogP contribution is 2.26. The smallest absolute Gasteiger partial charge is 0.229 e. The van der Waals surface area contributed by atoms with Gasteiger partial charge >= 0.3 is 0 Å². The molecule has 104 valence electrons. The van der Waals surface area contributed by atoms with Gasteiger partial charge in [-0.2, -0.15) is 0 Å². The summed E-state index contributed by atoms with van der Waals surface area (Å²) >= 11 is 5.70. The van der Waals surface area contributed by atoms with Crippen molar-refractivity contribution in [3.05, 3.63) is 65.5 Å². The van der Waals surface area contributed by atoms with Crippen LogP contribution in [-0.2, 0) is 11.2 Å². The van der Waals surface area contributed by atoms with Gasteiger partial charge in [0.05, 0.1) is 13.0 Å². The average Bonchev–Trinajstić information content (AvgIpc) is 2.46. The summed E-state index contributed by atoms with van der Waals surface area (Å²) in [7, 11) is 1.57. The Morgan fingerprint density at radius 1 is 1.25 bits per heavy atom. The van der Waals surface area contributed by atoms with Gasteiger partial charge in [-0.05, 0) is 53.4 Å². The second kappa shape index (κ2) is 6.53. The molecular weight excluding hydrogens is 279 g/mol. The van der Waals surface area contributed by atoms with Gasteiger partial charge in [0.15, 0.2) is 0 Å². The molecule has 1 atom stereocenters. The number of hydrogen-bond donors (Lipinski definition) is 0. The van der Waals surface area contributed by atoms with Crippen LogP contribution in [0.5, 0.6) is 5.75 Å². The zero-order valence-electron chi connectivity index (χ0n) is 11.0. The summed E-state index contributed by atoms with van der Waals surface area (Å²) in [6, 6.07) is 13.3. The molecule has 20 heavy (non-hydrogen) atoms. The molecule has 2 aromatic carbocycles. The summed E-state index contributed by atoms with van der Waals surface area (Å²) in [6.07, 6.45) is 0.426. The van der Waals surface area contributed by atoms with Gasteiger partial charge in [-0.1, -0.05) is 24.3 Å². The number of methoxy groups -OCH3 is 1. The van der Waals surface area contributed by atoms with Crippen LogP contribution in [0.25, 0.3) is 0 Å². The Bertz CT molecular complexity index is 596. The van der Waals surface area contributed by atoms with E-state index >= 15 is 0 Å². The Labute approximate surface area is 122 Å². The number of rotatable bonds is 5. The van der Waals surface area contributed by atoms with E-state index in [0.717, 1.165) is 11.1 Å². The van der Waals surface area contributed by atoms with Gasteiger partial charge < -0.3 is 4.74 Å². The maximum atomic E-state index is 12.9. The molecule has 0 aliphatic rings. The maximum absolute atomic E-state index is 12.9. The highest BCUT2D eigenvalue weighted by molar-refractivity contribution is 6.64. The molecule has 0 aromatic heterocycles. The fourth-order valence-corrected chi connectivity index (χ4v) is 2.25. The van der Waals surface area contributed by atoms with Gasteiger partial charge in [-0.25, -0.2) is 4.39 Å². The van der Waals surface area contributed by atoms with Crippen LogP contribution in [0.4, 0.5) is 4.39 Å². The van der Waals surface area contributed by atoms with Gasteiger partial charge in [0.1, 0.15) is 11.6 Å². The van der Waals surface area contributed by atoms with Crippen molar-refractivity contribution in [2.45, 2.75) is 12.3 Å². The number of ether oxygens (including phenoxy) is 1. The van der Waals surface area contributed by atoms with E-state index in [0.29, 0.717) is 12.2 Å². The largest absolute Gasteiger partial charge is 0.497 e. The molecule has 4 heteroatoms. The lowest BCUT2D eigenvalue weighted by Crippen LogP contribution is -2.10. The van der Waals surface area contributed by atoms with Crippen LogP contribution >= 0.6 is 11.6 Å². The molecule has 0 saturated carbocycles. The van der Waals surface area contributed by atoms with Crippen molar-refractivity contribution in [2.24, 2.45) is 0 Å². The number of carbonyl (C=O) groups is 1. The first-order valence-electron chi connectivity index (χ1n) is 6.18. The number of hydrogen-bond acceptors (Lipinski definition) is 2. The van der Waals surface area contributed by atoms with E-state index in [-0.39, 0.29) is 5.82 Å². The first-order valence-corrected chi connectivity index (χ1v) is 6.55. The fourth-order valence-electron chi connectivity index (χ4n) is 2.04. The lowest BCUT2D eigenvalue weighted by molar-refractivity contribution is -0.113. The van der Waals surface area contributed by atoms with Crippen LogP contribution in [0.3, 0.4) is 0 Å². The monoisotopic (exact) mass is 292 g/mol. The molecular formula is C16H14ClFO2. The first kappa shape index (κ1) is 14.5. The molecule has 0 N–H and O–H groups in total. The Morgan fingerprint density at radius 3 is 2.55 bits per heavy atom. The zero-order chi connectivity index (χ0) is 14.5. The van der Waals surface area contributed by atoms with E-state index in [1.807, 2.05) is 12.1 Å². The Morgan fingerprint density at radius 2 is 1.95 bits per heavy atom. The molecule has 2 rings (SSSR count). The van der Waals surface area contributed by atoms with Crippen molar-refractivity contribution < 1.29 is 13.9 Å². The first-order chi connectivity index (χ1) is 9.60. The summed E-state index contributed by atoms with van der Waals surface area (Å²) < 4.78 is 18.0. The lowest BCUT2D eigenvalue weighted by Gasteiger charge is -2.14. The summed E-state index contributed by atoms with van der Waals surface area (Å²) in [5.41, 5.74) is 1.64. The molecule has 0 radical (unpaired) electrons. The van der Waals surface area contributed by atoms with Crippen molar-refractivity contribution in [3.8, 4) is 5.75 Å². The molecule has 0 bridgehead atoms. The minimum absolute atomic E-state index is 0.302. The molecule has 0 saturated heterocycles. The minimum Gasteiger partial charge on any atom is -0.497 e. The highest BCUT2D eigenvalue weighted by atomic mass is 35.5. The third-order valence-corrected chi connectivity index (χ3v) is 3.39. The molecule has 0 spiro atoms. The van der Waals surface area contributed by atoms with Gasteiger partial charge in [-0.3, -0.25) is 4.79 Å². The van der Waals surface area contributed by atoms with Gasteiger partial charge in [-0.15, -0.1) is 0 Å². The molecule has 0 fully saturated rings. The quantitative estimate of drug-likeness (QED) is 0.781. The normalized spacial score (nSPS) is 11.9. The van der Waals surface area contributed by atoms with Crippen LogP contribution in [0.1, 0.15) is 17.0 Å². The van der Waals surface area contributed by atoms with E-state index in [2.05, 4.69) is 0 Å². The Hall–Kier alpha value is -1.87. The molecule has 0 aliphatic carbocycles. The third-order valence-electron chi connectivity index (χ3n) is 3.12. The van der Waals surface area contributed by atoms with Gasteiger partial charge in [0, 0.05) is 0 Å². The van der Waals surface area contributed by atoms with Crippen molar-refractivity contribution in [1.29, 1.82) is 0 Å². The molecule has 0 amide bonds. The fraction of sp³-hybridized carbons (Fsp3) is 0.188. The lowest BCUT2D eigenvalue weighted by atomic mass is 9.93. The molecule has 0 heterocycles. The molecule has 2 aromatic rings. The number of benzene rings is 2. The van der Waals surface area contributed by atoms with Gasteiger partial charge in [0.2, 0.25) is 5.24 Å². The highest BCUT2D eigenvalue weighted by Gasteiger charge is 2.19. The van der Waals surface area contributed by atoms with Crippen LogP contribution < -0.4 is 4.74 Å².